The highest BCUT2D eigenvalue weighted by Crippen LogP contribution is 2.37. The molecule has 1 aromatic carbocycles. The summed E-state index contributed by atoms with van der Waals surface area (Å²) in [6.07, 6.45) is 2.87. The van der Waals surface area contributed by atoms with Gasteiger partial charge in [-0.1, -0.05) is 0 Å². The van der Waals surface area contributed by atoms with Crippen molar-refractivity contribution in [3.63, 3.8) is 0 Å². The van der Waals surface area contributed by atoms with Crippen molar-refractivity contribution in [2.75, 3.05) is 19.9 Å². The lowest BCUT2D eigenvalue weighted by atomic mass is 9.98. The first-order chi connectivity index (χ1) is 12.1. The summed E-state index contributed by atoms with van der Waals surface area (Å²) < 4.78 is 10.7. The van der Waals surface area contributed by atoms with E-state index in [1.54, 1.807) is 11.1 Å². The number of nitrogens with zero attached hydrogens (tertiary/aromatic N) is 2. The van der Waals surface area contributed by atoms with Crippen LogP contribution in [-0.2, 0) is 4.79 Å². The van der Waals surface area contributed by atoms with Gasteiger partial charge in [0, 0.05) is 18.7 Å². The van der Waals surface area contributed by atoms with Crippen molar-refractivity contribution in [1.29, 1.82) is 0 Å². The smallest absolute Gasteiger partial charge is 0.308 e. The molecule has 0 bridgehead atoms. The number of benzene rings is 1. The number of rotatable bonds is 3. The second-order valence-corrected chi connectivity index (χ2v) is 7.06. The molecule has 130 valence electrons. The van der Waals surface area contributed by atoms with Gasteiger partial charge in [0.05, 0.1) is 12.1 Å². The molecule has 2 aromatic rings. The van der Waals surface area contributed by atoms with Crippen LogP contribution in [-0.4, -0.2) is 46.7 Å². The highest BCUT2D eigenvalue weighted by molar-refractivity contribution is 7.16. The summed E-state index contributed by atoms with van der Waals surface area (Å²) in [5, 5.41) is 9.88. The number of piperidine rings is 1. The molecular weight excluding hydrogens is 344 g/mol. The van der Waals surface area contributed by atoms with Crippen molar-refractivity contribution in [3.8, 4) is 22.1 Å². The zero-order valence-electron chi connectivity index (χ0n) is 13.3. The summed E-state index contributed by atoms with van der Waals surface area (Å²) in [4.78, 5) is 30.3. The number of hydrogen-bond acceptors (Lipinski definition) is 6. The molecule has 0 saturated carbocycles. The summed E-state index contributed by atoms with van der Waals surface area (Å²) in [7, 11) is 0. The number of carbonyl (C=O) groups is 2. The molecule has 0 spiro atoms. The van der Waals surface area contributed by atoms with Crippen LogP contribution < -0.4 is 9.47 Å². The van der Waals surface area contributed by atoms with E-state index in [1.165, 1.54) is 11.3 Å². The van der Waals surface area contributed by atoms with Crippen LogP contribution >= 0.6 is 11.3 Å². The average molecular weight is 360 g/mol. The molecule has 1 aromatic heterocycles. The Morgan fingerprint density at radius 1 is 1.28 bits per heavy atom. The molecule has 1 unspecified atom stereocenters. The van der Waals surface area contributed by atoms with E-state index in [-0.39, 0.29) is 19.2 Å². The molecule has 1 atom stereocenters. The molecule has 1 saturated heterocycles. The molecule has 7 nitrogen and oxygen atoms in total. The third kappa shape index (κ3) is 3.05. The third-order valence-electron chi connectivity index (χ3n) is 4.39. The van der Waals surface area contributed by atoms with Gasteiger partial charge >= 0.3 is 5.97 Å². The van der Waals surface area contributed by atoms with Gasteiger partial charge in [-0.05, 0) is 31.0 Å². The van der Waals surface area contributed by atoms with Crippen molar-refractivity contribution in [3.05, 3.63) is 29.3 Å². The molecule has 3 heterocycles. The van der Waals surface area contributed by atoms with E-state index in [1.807, 2.05) is 18.2 Å². The van der Waals surface area contributed by atoms with Crippen molar-refractivity contribution < 1.29 is 24.2 Å². The summed E-state index contributed by atoms with van der Waals surface area (Å²) >= 11 is 1.30. The maximum absolute atomic E-state index is 12.7. The van der Waals surface area contributed by atoms with Gasteiger partial charge in [0.25, 0.3) is 5.91 Å². The number of carboxylic acid groups (broad SMARTS) is 1. The fraction of sp³-hybridized carbons (Fsp3) is 0.353. The standard InChI is InChI=1S/C17H16N2O5S/c20-16(19-5-1-2-11(8-19)17(21)22)14-7-18-15(25-14)10-3-4-12-13(6-10)24-9-23-12/h3-4,6-7,11H,1-2,5,8-9H2,(H,21,22). The Bertz CT molecular complexity index is 834. The van der Waals surface area contributed by atoms with E-state index in [0.29, 0.717) is 40.8 Å². The molecule has 0 radical (unpaired) electrons. The average Bonchev–Trinajstić information content (AvgIpc) is 3.29. The molecular formula is C17H16N2O5S. The molecule has 0 aliphatic carbocycles. The Morgan fingerprint density at radius 2 is 2.12 bits per heavy atom. The highest BCUT2D eigenvalue weighted by atomic mass is 32.1. The normalized spacial score (nSPS) is 19.0. The van der Waals surface area contributed by atoms with Gasteiger partial charge in [-0.3, -0.25) is 9.59 Å². The lowest BCUT2D eigenvalue weighted by molar-refractivity contribution is -0.143. The van der Waals surface area contributed by atoms with Gasteiger partial charge < -0.3 is 19.5 Å². The maximum atomic E-state index is 12.7. The first kappa shape index (κ1) is 15.9. The number of likely N-dealkylation sites (tertiary alicyclic amines) is 1. The lowest BCUT2D eigenvalue weighted by Gasteiger charge is -2.30. The number of amides is 1. The predicted octanol–water partition coefficient (Wildman–Crippen LogP) is 2.48. The molecule has 4 rings (SSSR count). The van der Waals surface area contributed by atoms with Crippen LogP contribution in [0.2, 0.25) is 0 Å². The number of hydrogen-bond donors (Lipinski definition) is 1. The van der Waals surface area contributed by atoms with Gasteiger partial charge in [-0.2, -0.15) is 0 Å². The first-order valence-corrected chi connectivity index (χ1v) is 8.81. The first-order valence-electron chi connectivity index (χ1n) is 8.00. The highest BCUT2D eigenvalue weighted by Gasteiger charge is 2.29. The van der Waals surface area contributed by atoms with Crippen molar-refractivity contribution in [2.45, 2.75) is 12.8 Å². The fourth-order valence-corrected chi connectivity index (χ4v) is 3.94. The van der Waals surface area contributed by atoms with Crippen molar-refractivity contribution >= 4 is 23.2 Å². The molecule has 1 fully saturated rings. The van der Waals surface area contributed by atoms with Crippen LogP contribution in [0.4, 0.5) is 0 Å². The minimum Gasteiger partial charge on any atom is -0.481 e. The largest absolute Gasteiger partial charge is 0.481 e. The summed E-state index contributed by atoms with van der Waals surface area (Å²) in [5.74, 6) is -0.122. The molecule has 8 heteroatoms. The van der Waals surface area contributed by atoms with Gasteiger partial charge in [0.1, 0.15) is 9.88 Å². The number of fused-ring (bicyclic) bond motifs is 1. The number of aliphatic carboxylic acids is 1. The van der Waals surface area contributed by atoms with Crippen LogP contribution in [0.1, 0.15) is 22.5 Å². The van der Waals surface area contributed by atoms with E-state index < -0.39 is 11.9 Å². The van der Waals surface area contributed by atoms with Crippen LogP contribution in [0.5, 0.6) is 11.5 Å². The molecule has 25 heavy (non-hydrogen) atoms. The number of carboxylic acids is 1. The Morgan fingerprint density at radius 3 is 2.96 bits per heavy atom. The van der Waals surface area contributed by atoms with Crippen LogP contribution in [0, 0.1) is 5.92 Å². The van der Waals surface area contributed by atoms with Gasteiger partial charge in [-0.15, -0.1) is 11.3 Å². The van der Waals surface area contributed by atoms with Crippen LogP contribution in [0.15, 0.2) is 24.4 Å². The number of carbonyl (C=O) groups excluding carboxylic acids is 1. The molecule has 2 aliphatic rings. The van der Waals surface area contributed by atoms with Crippen molar-refractivity contribution in [2.24, 2.45) is 5.92 Å². The zero-order valence-corrected chi connectivity index (χ0v) is 14.1. The predicted molar refractivity (Wildman–Crippen MR) is 89.9 cm³/mol. The molecule has 1 N–H and O–H groups in total. The maximum Gasteiger partial charge on any atom is 0.308 e. The number of aromatic nitrogens is 1. The van der Waals surface area contributed by atoms with E-state index in [9.17, 15) is 9.59 Å². The van der Waals surface area contributed by atoms with Crippen LogP contribution in [0.25, 0.3) is 10.6 Å². The quantitative estimate of drug-likeness (QED) is 0.904. The molecule has 2 aliphatic heterocycles. The lowest BCUT2D eigenvalue weighted by Crippen LogP contribution is -2.42. The third-order valence-corrected chi connectivity index (χ3v) is 5.43. The summed E-state index contributed by atoms with van der Waals surface area (Å²) in [6, 6.07) is 5.54. The Kier molecular flexibility index (Phi) is 4.04. The fourth-order valence-electron chi connectivity index (χ4n) is 3.06. The SMILES string of the molecule is O=C(O)C1CCCN(C(=O)c2cnc(-c3ccc4c(c3)OCO4)s2)C1. The van der Waals surface area contributed by atoms with E-state index in [0.717, 1.165) is 5.56 Å². The van der Waals surface area contributed by atoms with E-state index >= 15 is 0 Å². The summed E-state index contributed by atoms with van der Waals surface area (Å²) in [6.45, 7) is 1.05. The Hall–Kier alpha value is -2.61. The van der Waals surface area contributed by atoms with Gasteiger partial charge in [-0.25, -0.2) is 4.98 Å². The number of ether oxygens (including phenoxy) is 2. The molecule has 1 amide bonds. The topological polar surface area (TPSA) is 89.0 Å². The minimum atomic E-state index is -0.845. The van der Waals surface area contributed by atoms with E-state index in [2.05, 4.69) is 4.98 Å². The second-order valence-electron chi connectivity index (χ2n) is 6.03. The number of thiazole rings is 1. The van der Waals surface area contributed by atoms with E-state index in [4.69, 9.17) is 14.6 Å². The van der Waals surface area contributed by atoms with Gasteiger partial charge in [0.2, 0.25) is 6.79 Å². The van der Waals surface area contributed by atoms with Crippen LogP contribution in [0.3, 0.4) is 0 Å². The van der Waals surface area contributed by atoms with Crippen molar-refractivity contribution in [1.82, 2.24) is 9.88 Å². The monoisotopic (exact) mass is 360 g/mol. The van der Waals surface area contributed by atoms with Gasteiger partial charge in [0.15, 0.2) is 11.5 Å². The summed E-state index contributed by atoms with van der Waals surface area (Å²) in [5.41, 5.74) is 0.857. The zero-order chi connectivity index (χ0) is 17.4. The minimum absolute atomic E-state index is 0.157. The second kappa shape index (κ2) is 6.36. The Labute approximate surface area is 147 Å². The Balaban J connectivity index is 1.52.